The summed E-state index contributed by atoms with van der Waals surface area (Å²) >= 11 is 0. The van der Waals surface area contributed by atoms with E-state index < -0.39 is 0 Å². The van der Waals surface area contributed by atoms with Crippen LogP contribution in [0.15, 0.2) is 36.4 Å². The Hall–Kier alpha value is -2.56. The number of carbonyl (C=O) groups excluding carboxylic acids is 2. The number of hydrogen-bond acceptors (Lipinski definition) is 2. The summed E-state index contributed by atoms with van der Waals surface area (Å²) in [6, 6.07) is 11.9. The summed E-state index contributed by atoms with van der Waals surface area (Å²) in [6.07, 6.45) is 10.0. The van der Waals surface area contributed by atoms with Crippen LogP contribution < -0.4 is 10.6 Å². The van der Waals surface area contributed by atoms with E-state index in [2.05, 4.69) is 22.1 Å². The van der Waals surface area contributed by atoms with Gasteiger partial charge in [-0.1, -0.05) is 56.5 Å². The first-order valence-electron chi connectivity index (χ1n) is 12.0. The highest BCUT2D eigenvalue weighted by molar-refractivity contribution is 6.00. The molecule has 1 saturated carbocycles. The molecule has 166 valence electrons. The lowest BCUT2D eigenvalue weighted by Gasteiger charge is -2.22. The Labute approximate surface area is 185 Å². The van der Waals surface area contributed by atoms with Gasteiger partial charge in [-0.25, -0.2) is 0 Å². The molecule has 1 atom stereocenters. The number of hydrogen-bond donors (Lipinski definition) is 2. The normalized spacial score (nSPS) is 17.6. The lowest BCUT2D eigenvalue weighted by Crippen LogP contribution is -2.32. The Kier molecular flexibility index (Phi) is 7.10. The molecule has 5 nitrogen and oxygen atoms in total. The summed E-state index contributed by atoms with van der Waals surface area (Å²) < 4.78 is 2.08. The zero-order chi connectivity index (χ0) is 21.6. The largest absolute Gasteiger partial charge is 0.350 e. The smallest absolute Gasteiger partial charge is 0.267 e. The first-order valence-corrected chi connectivity index (χ1v) is 12.0. The van der Waals surface area contributed by atoms with E-state index in [-0.39, 0.29) is 17.9 Å². The summed E-state index contributed by atoms with van der Waals surface area (Å²) in [5, 5.41) is 6.36. The average Bonchev–Trinajstić information content (AvgIpc) is 3.22. The first kappa shape index (κ1) is 21.7. The Bertz CT molecular complexity index is 897. The maximum atomic E-state index is 13.2. The SMILES string of the molecule is CCC(NC(=O)c1cc(C(=O)NCC2CCCCC2)n2c1CCCC2)c1ccccc1. The molecule has 2 heterocycles. The maximum Gasteiger partial charge on any atom is 0.267 e. The van der Waals surface area contributed by atoms with E-state index in [4.69, 9.17) is 0 Å². The molecule has 1 aromatic carbocycles. The van der Waals surface area contributed by atoms with E-state index in [1.807, 2.05) is 36.4 Å². The van der Waals surface area contributed by atoms with Crippen LogP contribution in [0.3, 0.4) is 0 Å². The molecule has 0 spiro atoms. The van der Waals surface area contributed by atoms with Crippen LogP contribution in [-0.2, 0) is 13.0 Å². The Morgan fingerprint density at radius 3 is 2.55 bits per heavy atom. The molecular formula is C26H35N3O2. The van der Waals surface area contributed by atoms with Gasteiger partial charge in [0.25, 0.3) is 11.8 Å². The zero-order valence-corrected chi connectivity index (χ0v) is 18.7. The van der Waals surface area contributed by atoms with Gasteiger partial charge in [0.15, 0.2) is 0 Å². The molecule has 2 N–H and O–H groups in total. The molecule has 5 heteroatoms. The molecule has 1 aliphatic carbocycles. The molecule has 0 radical (unpaired) electrons. The van der Waals surface area contributed by atoms with Crippen molar-refractivity contribution < 1.29 is 9.59 Å². The number of carbonyl (C=O) groups is 2. The molecule has 1 fully saturated rings. The molecule has 1 aromatic heterocycles. The predicted molar refractivity (Wildman–Crippen MR) is 123 cm³/mol. The van der Waals surface area contributed by atoms with Gasteiger partial charge < -0.3 is 15.2 Å². The minimum Gasteiger partial charge on any atom is -0.350 e. The van der Waals surface area contributed by atoms with Crippen molar-refractivity contribution in [2.75, 3.05) is 6.54 Å². The minimum absolute atomic E-state index is 0.0311. The van der Waals surface area contributed by atoms with Crippen LogP contribution in [0, 0.1) is 5.92 Å². The lowest BCUT2D eigenvalue weighted by molar-refractivity contribution is 0.0927. The monoisotopic (exact) mass is 421 g/mol. The van der Waals surface area contributed by atoms with Crippen molar-refractivity contribution in [1.82, 2.24) is 15.2 Å². The number of fused-ring (bicyclic) bond motifs is 1. The molecule has 2 amide bonds. The highest BCUT2D eigenvalue weighted by Gasteiger charge is 2.27. The quantitative estimate of drug-likeness (QED) is 0.660. The molecule has 1 aliphatic heterocycles. The third-order valence-corrected chi connectivity index (χ3v) is 6.92. The number of nitrogens with one attached hydrogen (secondary N) is 2. The summed E-state index contributed by atoms with van der Waals surface area (Å²) in [5.74, 6) is 0.475. The predicted octanol–water partition coefficient (Wildman–Crippen LogP) is 5.02. The van der Waals surface area contributed by atoms with Crippen molar-refractivity contribution in [1.29, 1.82) is 0 Å². The second-order valence-corrected chi connectivity index (χ2v) is 9.06. The fraction of sp³-hybridized carbons (Fsp3) is 0.538. The van der Waals surface area contributed by atoms with Crippen LogP contribution in [0.2, 0.25) is 0 Å². The molecule has 0 bridgehead atoms. The summed E-state index contributed by atoms with van der Waals surface area (Å²) in [7, 11) is 0. The van der Waals surface area contributed by atoms with Gasteiger partial charge in [0.2, 0.25) is 0 Å². The van der Waals surface area contributed by atoms with Gasteiger partial charge in [0, 0.05) is 18.8 Å². The van der Waals surface area contributed by atoms with E-state index in [0.717, 1.165) is 50.0 Å². The van der Waals surface area contributed by atoms with Crippen LogP contribution in [0.25, 0.3) is 0 Å². The standard InChI is InChI=1S/C26H35N3O2/c1-2-22(20-13-7-4-8-14-20)28-25(30)21-17-24(29-16-10-9-15-23(21)29)26(31)27-18-19-11-5-3-6-12-19/h4,7-8,13-14,17,19,22H,2-3,5-6,9-12,15-16,18H2,1H3,(H,27,31)(H,28,30). The molecule has 31 heavy (non-hydrogen) atoms. The highest BCUT2D eigenvalue weighted by Crippen LogP contribution is 2.26. The van der Waals surface area contributed by atoms with Crippen molar-refractivity contribution in [2.24, 2.45) is 5.92 Å². The molecule has 2 aromatic rings. The lowest BCUT2D eigenvalue weighted by atomic mass is 9.89. The average molecular weight is 422 g/mol. The molecule has 1 unspecified atom stereocenters. The van der Waals surface area contributed by atoms with Gasteiger partial charge in [0.1, 0.15) is 5.69 Å². The summed E-state index contributed by atoms with van der Waals surface area (Å²) in [5.41, 5.74) is 3.42. The van der Waals surface area contributed by atoms with Crippen molar-refractivity contribution in [3.8, 4) is 0 Å². The second kappa shape index (κ2) is 10.2. The molecule has 4 rings (SSSR count). The minimum atomic E-state index is -0.0762. The Morgan fingerprint density at radius 1 is 1.03 bits per heavy atom. The van der Waals surface area contributed by atoms with Gasteiger partial charge in [-0.2, -0.15) is 0 Å². The van der Waals surface area contributed by atoms with Crippen molar-refractivity contribution >= 4 is 11.8 Å². The summed E-state index contributed by atoms with van der Waals surface area (Å²) in [4.78, 5) is 26.3. The van der Waals surface area contributed by atoms with Gasteiger partial charge in [0.05, 0.1) is 11.6 Å². The maximum absolute atomic E-state index is 13.2. The van der Waals surface area contributed by atoms with Gasteiger partial charge in [-0.3, -0.25) is 9.59 Å². The summed E-state index contributed by atoms with van der Waals surface area (Å²) in [6.45, 7) is 3.63. The van der Waals surface area contributed by atoms with Crippen LogP contribution >= 0.6 is 0 Å². The fourth-order valence-corrected chi connectivity index (χ4v) is 5.12. The third-order valence-electron chi connectivity index (χ3n) is 6.92. The van der Waals surface area contributed by atoms with E-state index in [1.54, 1.807) is 0 Å². The zero-order valence-electron chi connectivity index (χ0n) is 18.7. The second-order valence-electron chi connectivity index (χ2n) is 9.06. The molecule has 2 aliphatic rings. The first-order chi connectivity index (χ1) is 15.2. The van der Waals surface area contributed by atoms with Crippen LogP contribution in [0.1, 0.15) is 96.4 Å². The number of nitrogens with zero attached hydrogens (tertiary/aromatic N) is 1. The highest BCUT2D eigenvalue weighted by atomic mass is 16.2. The Balaban J connectivity index is 1.50. The van der Waals surface area contributed by atoms with Gasteiger partial charge in [-0.05, 0) is 56.1 Å². The number of aromatic nitrogens is 1. The van der Waals surface area contributed by atoms with Crippen LogP contribution in [-0.4, -0.2) is 22.9 Å². The fourth-order valence-electron chi connectivity index (χ4n) is 5.12. The van der Waals surface area contributed by atoms with Crippen molar-refractivity contribution in [2.45, 2.75) is 77.3 Å². The van der Waals surface area contributed by atoms with Crippen molar-refractivity contribution in [3.05, 3.63) is 58.9 Å². The van der Waals surface area contributed by atoms with E-state index in [0.29, 0.717) is 17.2 Å². The number of rotatable bonds is 7. The molecular weight excluding hydrogens is 386 g/mol. The van der Waals surface area contributed by atoms with Crippen LogP contribution in [0.5, 0.6) is 0 Å². The topological polar surface area (TPSA) is 63.1 Å². The van der Waals surface area contributed by atoms with Gasteiger partial charge in [-0.15, -0.1) is 0 Å². The number of amides is 2. The number of benzene rings is 1. The van der Waals surface area contributed by atoms with Crippen molar-refractivity contribution in [3.63, 3.8) is 0 Å². The van der Waals surface area contributed by atoms with Crippen LogP contribution in [0.4, 0.5) is 0 Å². The Morgan fingerprint density at radius 2 is 1.81 bits per heavy atom. The third kappa shape index (κ3) is 5.03. The van der Waals surface area contributed by atoms with E-state index >= 15 is 0 Å². The molecule has 0 saturated heterocycles. The van der Waals surface area contributed by atoms with Gasteiger partial charge >= 0.3 is 0 Å². The van der Waals surface area contributed by atoms with E-state index in [9.17, 15) is 9.59 Å². The van der Waals surface area contributed by atoms with E-state index in [1.165, 1.54) is 32.1 Å².